The average molecular weight is 299 g/mol. The molecule has 2 saturated carbocycles. The largest absolute Gasteiger partial charge is 0.0814 e. The van der Waals surface area contributed by atoms with Gasteiger partial charge in [0.25, 0.3) is 0 Å². The van der Waals surface area contributed by atoms with Crippen molar-refractivity contribution in [2.45, 2.75) is 72.6 Å². The molecule has 0 amide bonds. The molecule has 0 bridgehead atoms. The molecular formula is C22H34. The highest BCUT2D eigenvalue weighted by Gasteiger charge is 2.57. The van der Waals surface area contributed by atoms with Crippen LogP contribution in [0, 0.1) is 40.4 Å². The van der Waals surface area contributed by atoms with E-state index in [2.05, 4.69) is 45.9 Å². The summed E-state index contributed by atoms with van der Waals surface area (Å²) in [7, 11) is 0. The van der Waals surface area contributed by atoms with Crippen LogP contribution in [0.4, 0.5) is 0 Å². The SMILES string of the molecule is CC[C@H]1CC[C@H]2[C@@H]3CC=C4C=C[C@H](C)C[C@]4(C)[C@H]3CC[C@]12C. The molecule has 0 aliphatic heterocycles. The van der Waals surface area contributed by atoms with Crippen molar-refractivity contribution in [2.24, 2.45) is 40.4 Å². The second kappa shape index (κ2) is 4.99. The first kappa shape index (κ1) is 15.0. The minimum absolute atomic E-state index is 0.475. The summed E-state index contributed by atoms with van der Waals surface area (Å²) in [5, 5.41) is 0. The summed E-state index contributed by atoms with van der Waals surface area (Å²) < 4.78 is 0. The predicted octanol–water partition coefficient (Wildman–Crippen LogP) is 6.39. The van der Waals surface area contributed by atoms with Crippen molar-refractivity contribution < 1.29 is 0 Å². The molecule has 7 atom stereocenters. The van der Waals surface area contributed by atoms with Gasteiger partial charge in [-0.15, -0.1) is 0 Å². The topological polar surface area (TPSA) is 0 Å². The maximum atomic E-state index is 2.65. The summed E-state index contributed by atoms with van der Waals surface area (Å²) in [6.45, 7) is 10.1. The van der Waals surface area contributed by atoms with Crippen molar-refractivity contribution in [2.75, 3.05) is 0 Å². The highest BCUT2D eigenvalue weighted by Crippen LogP contribution is 2.66. The molecular weight excluding hydrogens is 264 g/mol. The maximum Gasteiger partial charge on any atom is -0.00419 e. The predicted molar refractivity (Wildman–Crippen MR) is 94.6 cm³/mol. The van der Waals surface area contributed by atoms with Crippen LogP contribution in [0.2, 0.25) is 0 Å². The van der Waals surface area contributed by atoms with Crippen molar-refractivity contribution >= 4 is 0 Å². The first-order valence-electron chi connectivity index (χ1n) is 9.88. The molecule has 0 aromatic heterocycles. The third-order valence-corrected chi connectivity index (χ3v) is 8.56. The van der Waals surface area contributed by atoms with Gasteiger partial charge in [-0.2, -0.15) is 0 Å². The van der Waals surface area contributed by atoms with Crippen LogP contribution in [-0.4, -0.2) is 0 Å². The molecule has 4 aliphatic carbocycles. The monoisotopic (exact) mass is 298 g/mol. The van der Waals surface area contributed by atoms with Crippen LogP contribution < -0.4 is 0 Å². The fourth-order valence-electron chi connectivity index (χ4n) is 7.43. The standard InChI is InChI=1S/C22H34/c1-5-16-9-11-19-18-10-8-17-7-6-15(2)14-22(17,4)20(18)12-13-21(16,19)3/h6-8,15-16,18-20H,5,9-14H2,1-4H3/t15-,16-,18-,19-,20-,21+,22-/m0/s1. The minimum Gasteiger partial charge on any atom is -0.0814 e. The van der Waals surface area contributed by atoms with Crippen LogP contribution in [0.1, 0.15) is 72.6 Å². The third-order valence-electron chi connectivity index (χ3n) is 8.56. The molecule has 122 valence electrons. The normalized spacial score (nSPS) is 53.5. The first-order valence-corrected chi connectivity index (χ1v) is 9.88. The van der Waals surface area contributed by atoms with Crippen LogP contribution in [0.15, 0.2) is 23.8 Å². The summed E-state index contributed by atoms with van der Waals surface area (Å²) in [5.74, 6) is 4.70. The van der Waals surface area contributed by atoms with E-state index in [9.17, 15) is 0 Å². The molecule has 0 saturated heterocycles. The molecule has 0 radical (unpaired) electrons. The van der Waals surface area contributed by atoms with E-state index in [0.29, 0.717) is 10.8 Å². The Balaban J connectivity index is 1.69. The second-order valence-electron chi connectivity index (χ2n) is 9.46. The van der Waals surface area contributed by atoms with Crippen molar-refractivity contribution in [3.8, 4) is 0 Å². The Bertz CT molecular complexity index is 512. The van der Waals surface area contributed by atoms with Crippen LogP contribution in [0.25, 0.3) is 0 Å². The van der Waals surface area contributed by atoms with Gasteiger partial charge in [0, 0.05) is 0 Å². The van der Waals surface area contributed by atoms with E-state index >= 15 is 0 Å². The summed E-state index contributed by atoms with van der Waals surface area (Å²) in [6, 6.07) is 0. The van der Waals surface area contributed by atoms with Gasteiger partial charge >= 0.3 is 0 Å². The second-order valence-corrected chi connectivity index (χ2v) is 9.46. The molecule has 0 heterocycles. The quantitative estimate of drug-likeness (QED) is 0.526. The lowest BCUT2D eigenvalue weighted by Crippen LogP contribution is -2.49. The van der Waals surface area contributed by atoms with E-state index in [1.165, 1.54) is 44.9 Å². The van der Waals surface area contributed by atoms with Crippen molar-refractivity contribution in [3.63, 3.8) is 0 Å². The van der Waals surface area contributed by atoms with Gasteiger partial charge in [0.2, 0.25) is 0 Å². The lowest BCUT2D eigenvalue weighted by atomic mass is 9.47. The van der Waals surface area contributed by atoms with Gasteiger partial charge in [0.1, 0.15) is 0 Å². The summed E-state index contributed by atoms with van der Waals surface area (Å²) in [4.78, 5) is 0. The van der Waals surface area contributed by atoms with Gasteiger partial charge in [-0.1, -0.05) is 52.3 Å². The van der Waals surface area contributed by atoms with Gasteiger partial charge in [-0.3, -0.25) is 0 Å². The highest BCUT2D eigenvalue weighted by atomic mass is 14.6. The molecule has 0 aromatic carbocycles. The number of fused-ring (bicyclic) bond motifs is 5. The number of hydrogen-bond donors (Lipinski definition) is 0. The zero-order valence-electron chi connectivity index (χ0n) is 15.1. The van der Waals surface area contributed by atoms with Crippen LogP contribution >= 0.6 is 0 Å². The molecule has 22 heavy (non-hydrogen) atoms. The maximum absolute atomic E-state index is 2.65. The smallest absolute Gasteiger partial charge is 0.00419 e. The Morgan fingerprint density at radius 2 is 1.95 bits per heavy atom. The van der Waals surface area contributed by atoms with E-state index in [1.807, 2.05) is 0 Å². The Labute approximate surface area is 137 Å². The Hall–Kier alpha value is -0.520. The van der Waals surface area contributed by atoms with Crippen molar-refractivity contribution in [1.82, 2.24) is 0 Å². The molecule has 2 fully saturated rings. The Morgan fingerprint density at radius 3 is 2.73 bits per heavy atom. The van der Waals surface area contributed by atoms with Gasteiger partial charge in [-0.05, 0) is 84.5 Å². The zero-order valence-corrected chi connectivity index (χ0v) is 15.1. The summed E-state index contributed by atoms with van der Waals surface area (Å²) in [6.07, 6.45) is 17.7. The third kappa shape index (κ3) is 1.88. The van der Waals surface area contributed by atoms with E-state index in [-0.39, 0.29) is 0 Å². The van der Waals surface area contributed by atoms with Crippen molar-refractivity contribution in [3.05, 3.63) is 23.8 Å². The molecule has 0 nitrogen and oxygen atoms in total. The van der Waals surface area contributed by atoms with Crippen LogP contribution in [0.3, 0.4) is 0 Å². The average Bonchev–Trinajstić information content (AvgIpc) is 2.82. The van der Waals surface area contributed by atoms with Crippen LogP contribution in [0.5, 0.6) is 0 Å². The molecule has 0 heteroatoms. The molecule has 0 N–H and O–H groups in total. The van der Waals surface area contributed by atoms with Gasteiger partial charge in [0.05, 0.1) is 0 Å². The molecule has 4 rings (SSSR count). The van der Waals surface area contributed by atoms with Gasteiger partial charge in [0.15, 0.2) is 0 Å². The fourth-order valence-corrected chi connectivity index (χ4v) is 7.43. The number of allylic oxidation sites excluding steroid dienone is 4. The number of hydrogen-bond acceptors (Lipinski definition) is 0. The van der Waals surface area contributed by atoms with E-state index in [1.54, 1.807) is 5.57 Å². The first-order chi connectivity index (χ1) is 10.5. The van der Waals surface area contributed by atoms with Gasteiger partial charge in [-0.25, -0.2) is 0 Å². The molecule has 0 aromatic rings. The van der Waals surface area contributed by atoms with Crippen LogP contribution in [-0.2, 0) is 0 Å². The van der Waals surface area contributed by atoms with Crippen molar-refractivity contribution in [1.29, 1.82) is 0 Å². The molecule has 0 spiro atoms. The zero-order chi connectivity index (χ0) is 15.5. The molecule has 4 aliphatic rings. The fraction of sp³-hybridized carbons (Fsp3) is 0.818. The molecule has 0 unspecified atom stereocenters. The van der Waals surface area contributed by atoms with Gasteiger partial charge < -0.3 is 0 Å². The summed E-state index contributed by atoms with van der Waals surface area (Å²) >= 11 is 0. The Kier molecular flexibility index (Phi) is 3.41. The van der Waals surface area contributed by atoms with E-state index in [4.69, 9.17) is 0 Å². The minimum atomic E-state index is 0.475. The van der Waals surface area contributed by atoms with E-state index < -0.39 is 0 Å². The highest BCUT2D eigenvalue weighted by molar-refractivity contribution is 5.34. The summed E-state index contributed by atoms with van der Waals surface area (Å²) in [5.41, 5.74) is 2.82. The lowest BCUT2D eigenvalue weighted by molar-refractivity contribution is -0.0388. The van der Waals surface area contributed by atoms with E-state index in [0.717, 1.165) is 29.6 Å². The Morgan fingerprint density at radius 1 is 1.14 bits per heavy atom. The lowest BCUT2D eigenvalue weighted by Gasteiger charge is -2.57. The number of rotatable bonds is 1.